The standard InChI is InChI=1S/C11H17N3O3/c15-8-4-9(12-5-8)11-13-10(14-17-11)3-7-1-2-16-6-7/h7-9,12,15H,1-6H2. The van der Waals surface area contributed by atoms with Gasteiger partial charge in [-0.2, -0.15) is 4.98 Å². The maximum absolute atomic E-state index is 9.43. The molecule has 2 aliphatic heterocycles. The number of β-amino-alcohol motifs (C(OH)–C–C–N with tert-alkyl or cyclic N) is 1. The van der Waals surface area contributed by atoms with Crippen LogP contribution in [-0.2, 0) is 11.2 Å². The van der Waals surface area contributed by atoms with Gasteiger partial charge in [-0.1, -0.05) is 5.16 Å². The lowest BCUT2D eigenvalue weighted by atomic mass is 10.1. The van der Waals surface area contributed by atoms with Gasteiger partial charge in [-0.3, -0.25) is 0 Å². The van der Waals surface area contributed by atoms with E-state index in [4.69, 9.17) is 9.26 Å². The molecular formula is C11H17N3O3. The van der Waals surface area contributed by atoms with Crippen molar-refractivity contribution >= 4 is 0 Å². The van der Waals surface area contributed by atoms with Crippen LogP contribution >= 0.6 is 0 Å². The zero-order valence-corrected chi connectivity index (χ0v) is 9.63. The Labute approximate surface area is 99.3 Å². The van der Waals surface area contributed by atoms with Gasteiger partial charge >= 0.3 is 0 Å². The van der Waals surface area contributed by atoms with Crippen molar-refractivity contribution in [2.75, 3.05) is 19.8 Å². The summed E-state index contributed by atoms with van der Waals surface area (Å²) in [7, 11) is 0. The first kappa shape index (κ1) is 11.1. The lowest BCUT2D eigenvalue weighted by molar-refractivity contribution is 0.185. The van der Waals surface area contributed by atoms with E-state index in [-0.39, 0.29) is 12.1 Å². The van der Waals surface area contributed by atoms with Crippen LogP contribution in [0.3, 0.4) is 0 Å². The van der Waals surface area contributed by atoms with Crippen molar-refractivity contribution in [2.24, 2.45) is 5.92 Å². The number of nitrogens with zero attached hydrogens (tertiary/aromatic N) is 2. The molecule has 0 radical (unpaired) electrons. The SMILES string of the molecule is OC1CNC(c2nc(CC3CCOC3)no2)C1. The van der Waals surface area contributed by atoms with E-state index in [2.05, 4.69) is 15.5 Å². The summed E-state index contributed by atoms with van der Waals surface area (Å²) in [6.07, 6.45) is 2.23. The van der Waals surface area contributed by atoms with Gasteiger partial charge in [-0.05, 0) is 18.8 Å². The normalized spacial score (nSPS) is 33.4. The van der Waals surface area contributed by atoms with Gasteiger partial charge in [0, 0.05) is 26.2 Å². The fourth-order valence-corrected chi connectivity index (χ4v) is 2.40. The first-order valence-corrected chi connectivity index (χ1v) is 6.13. The number of aromatic nitrogens is 2. The van der Waals surface area contributed by atoms with E-state index in [0.29, 0.717) is 24.8 Å². The van der Waals surface area contributed by atoms with E-state index in [9.17, 15) is 5.11 Å². The van der Waals surface area contributed by atoms with E-state index in [1.807, 2.05) is 0 Å². The van der Waals surface area contributed by atoms with Gasteiger partial charge < -0.3 is 19.7 Å². The molecule has 0 amide bonds. The highest BCUT2D eigenvalue weighted by atomic mass is 16.5. The highest BCUT2D eigenvalue weighted by Gasteiger charge is 2.28. The van der Waals surface area contributed by atoms with Crippen LogP contribution in [0.25, 0.3) is 0 Å². The third-order valence-corrected chi connectivity index (χ3v) is 3.38. The number of rotatable bonds is 3. The zero-order valence-electron chi connectivity index (χ0n) is 9.63. The summed E-state index contributed by atoms with van der Waals surface area (Å²) in [6, 6.07) is 0.00563. The predicted octanol–water partition coefficient (Wildman–Crippen LogP) is 0.0439. The van der Waals surface area contributed by atoms with Gasteiger partial charge in [0.15, 0.2) is 5.82 Å². The largest absolute Gasteiger partial charge is 0.392 e. The molecule has 0 bridgehead atoms. The number of hydrogen-bond donors (Lipinski definition) is 2. The molecule has 6 heteroatoms. The maximum Gasteiger partial charge on any atom is 0.243 e. The minimum atomic E-state index is -0.307. The quantitative estimate of drug-likeness (QED) is 0.775. The summed E-state index contributed by atoms with van der Waals surface area (Å²) in [5.74, 6) is 1.86. The number of aliphatic hydroxyl groups is 1. The minimum absolute atomic E-state index is 0.00563. The van der Waals surface area contributed by atoms with Gasteiger partial charge in [-0.25, -0.2) is 0 Å². The first-order valence-electron chi connectivity index (χ1n) is 6.13. The lowest BCUT2D eigenvalue weighted by Crippen LogP contribution is -2.15. The van der Waals surface area contributed by atoms with Crippen molar-refractivity contribution in [3.05, 3.63) is 11.7 Å². The van der Waals surface area contributed by atoms with Crippen molar-refractivity contribution in [1.29, 1.82) is 0 Å². The van der Waals surface area contributed by atoms with Crippen LogP contribution in [0.4, 0.5) is 0 Å². The molecule has 1 aromatic heterocycles. The van der Waals surface area contributed by atoms with Crippen LogP contribution in [0.15, 0.2) is 4.52 Å². The van der Waals surface area contributed by atoms with E-state index in [0.717, 1.165) is 31.9 Å². The Balaban J connectivity index is 1.61. The molecule has 0 saturated carbocycles. The average Bonchev–Trinajstić information content (AvgIpc) is 2.99. The van der Waals surface area contributed by atoms with Crippen molar-refractivity contribution in [2.45, 2.75) is 31.4 Å². The topological polar surface area (TPSA) is 80.4 Å². The molecule has 0 spiro atoms. The van der Waals surface area contributed by atoms with Gasteiger partial charge in [0.1, 0.15) is 0 Å². The second-order valence-corrected chi connectivity index (χ2v) is 4.83. The highest BCUT2D eigenvalue weighted by Crippen LogP contribution is 2.23. The summed E-state index contributed by atoms with van der Waals surface area (Å²) >= 11 is 0. The van der Waals surface area contributed by atoms with Crippen LogP contribution in [0.2, 0.25) is 0 Å². The predicted molar refractivity (Wildman–Crippen MR) is 58.3 cm³/mol. The second-order valence-electron chi connectivity index (χ2n) is 4.83. The Hall–Kier alpha value is -0.980. The summed E-state index contributed by atoms with van der Waals surface area (Å²) in [4.78, 5) is 4.38. The molecule has 0 aliphatic carbocycles. The molecule has 3 heterocycles. The van der Waals surface area contributed by atoms with E-state index < -0.39 is 0 Å². The molecule has 3 unspecified atom stereocenters. The van der Waals surface area contributed by atoms with Crippen LogP contribution in [0, 0.1) is 5.92 Å². The summed E-state index contributed by atoms with van der Waals surface area (Å²) in [5, 5.41) is 16.6. The Morgan fingerprint density at radius 3 is 3.12 bits per heavy atom. The van der Waals surface area contributed by atoms with Crippen LogP contribution in [-0.4, -0.2) is 41.1 Å². The third kappa shape index (κ3) is 2.48. The fourth-order valence-electron chi connectivity index (χ4n) is 2.40. The zero-order chi connectivity index (χ0) is 11.7. The smallest absolute Gasteiger partial charge is 0.243 e. The molecule has 17 heavy (non-hydrogen) atoms. The average molecular weight is 239 g/mol. The second kappa shape index (κ2) is 4.72. The highest BCUT2D eigenvalue weighted by molar-refractivity contribution is 4.98. The lowest BCUT2D eigenvalue weighted by Gasteiger charge is -2.02. The summed E-state index contributed by atoms with van der Waals surface area (Å²) in [5.41, 5.74) is 0. The number of nitrogens with one attached hydrogen (secondary N) is 1. The summed E-state index contributed by atoms with van der Waals surface area (Å²) < 4.78 is 10.6. The Morgan fingerprint density at radius 1 is 1.47 bits per heavy atom. The fraction of sp³-hybridized carbons (Fsp3) is 0.818. The number of ether oxygens (including phenoxy) is 1. The van der Waals surface area contributed by atoms with Crippen molar-refractivity contribution in [3.63, 3.8) is 0 Å². The third-order valence-electron chi connectivity index (χ3n) is 3.38. The molecule has 2 saturated heterocycles. The molecule has 2 fully saturated rings. The first-order chi connectivity index (χ1) is 8.31. The Morgan fingerprint density at radius 2 is 2.41 bits per heavy atom. The van der Waals surface area contributed by atoms with E-state index >= 15 is 0 Å². The maximum atomic E-state index is 9.43. The Kier molecular flexibility index (Phi) is 3.09. The molecule has 1 aromatic rings. The van der Waals surface area contributed by atoms with Crippen molar-refractivity contribution in [3.8, 4) is 0 Å². The van der Waals surface area contributed by atoms with Gasteiger partial charge in [-0.15, -0.1) is 0 Å². The Bertz CT molecular complexity index is 376. The molecule has 3 rings (SSSR count). The monoisotopic (exact) mass is 239 g/mol. The number of aliphatic hydroxyl groups excluding tert-OH is 1. The van der Waals surface area contributed by atoms with Crippen molar-refractivity contribution in [1.82, 2.24) is 15.5 Å². The van der Waals surface area contributed by atoms with Crippen LogP contribution in [0.5, 0.6) is 0 Å². The van der Waals surface area contributed by atoms with Gasteiger partial charge in [0.25, 0.3) is 0 Å². The molecule has 94 valence electrons. The molecule has 0 aromatic carbocycles. The van der Waals surface area contributed by atoms with E-state index in [1.165, 1.54) is 0 Å². The van der Waals surface area contributed by atoms with Crippen LogP contribution < -0.4 is 5.32 Å². The minimum Gasteiger partial charge on any atom is -0.392 e. The van der Waals surface area contributed by atoms with E-state index in [1.54, 1.807) is 0 Å². The molecule has 2 aliphatic rings. The molecular weight excluding hydrogens is 222 g/mol. The van der Waals surface area contributed by atoms with Crippen LogP contribution in [0.1, 0.15) is 30.6 Å². The molecule has 3 atom stereocenters. The van der Waals surface area contributed by atoms with Crippen molar-refractivity contribution < 1.29 is 14.4 Å². The molecule has 2 N–H and O–H groups in total. The summed E-state index contributed by atoms with van der Waals surface area (Å²) in [6.45, 7) is 2.23. The number of hydrogen-bond acceptors (Lipinski definition) is 6. The van der Waals surface area contributed by atoms with Gasteiger partial charge in [0.2, 0.25) is 5.89 Å². The molecule has 6 nitrogen and oxygen atoms in total. The van der Waals surface area contributed by atoms with Gasteiger partial charge in [0.05, 0.1) is 12.1 Å².